The van der Waals surface area contributed by atoms with Gasteiger partial charge < -0.3 is 0 Å². The lowest BCUT2D eigenvalue weighted by molar-refractivity contribution is 0.185. The fourth-order valence-corrected chi connectivity index (χ4v) is 3.79. The van der Waals surface area contributed by atoms with E-state index in [1.54, 1.807) is 6.20 Å². The monoisotopic (exact) mass is 430 g/mol. The first-order valence-electron chi connectivity index (χ1n) is 10.6. The van der Waals surface area contributed by atoms with Crippen molar-refractivity contribution in [2.45, 2.75) is 45.4 Å². The van der Waals surface area contributed by atoms with Crippen molar-refractivity contribution in [3.8, 4) is 0 Å². The third-order valence-electron chi connectivity index (χ3n) is 5.26. The van der Waals surface area contributed by atoms with Crippen molar-refractivity contribution in [2.75, 3.05) is 0 Å². The summed E-state index contributed by atoms with van der Waals surface area (Å²) < 4.78 is 15.6. The molecule has 164 valence electrons. The average molecular weight is 431 g/mol. The van der Waals surface area contributed by atoms with E-state index in [0.29, 0.717) is 18.9 Å². The topological polar surface area (TPSA) is 59.7 Å². The molecular formula is C25H27FN6. The van der Waals surface area contributed by atoms with Gasteiger partial charge >= 0.3 is 0 Å². The Morgan fingerprint density at radius 2 is 1.59 bits per heavy atom. The molecule has 0 saturated heterocycles. The van der Waals surface area contributed by atoms with Crippen molar-refractivity contribution in [1.29, 1.82) is 0 Å². The summed E-state index contributed by atoms with van der Waals surface area (Å²) in [7, 11) is 0. The number of pyridine rings is 1. The Hall–Kier alpha value is -3.45. The Kier molecular flexibility index (Phi) is 6.37. The largest absolute Gasteiger partial charge is 0.281 e. The van der Waals surface area contributed by atoms with E-state index < -0.39 is 0 Å². The van der Waals surface area contributed by atoms with E-state index >= 15 is 0 Å². The third kappa shape index (κ3) is 5.06. The Labute approximate surface area is 187 Å². The standard InChI is InChI=1S/C25H27FN6/c1-25(2,3)32-24(28-29-30-32)23(21-11-13-22(26)14-12-21)31(17-19-8-5-4-6-9-19)18-20-10-7-15-27-16-20/h4-16,23H,17-18H2,1-3H3/t23-/m0/s1. The summed E-state index contributed by atoms with van der Waals surface area (Å²) >= 11 is 0. The van der Waals surface area contributed by atoms with Crippen LogP contribution in [0, 0.1) is 5.82 Å². The quantitative estimate of drug-likeness (QED) is 0.423. The molecule has 0 amide bonds. The zero-order valence-electron chi connectivity index (χ0n) is 18.6. The van der Waals surface area contributed by atoms with E-state index in [0.717, 1.165) is 11.1 Å². The summed E-state index contributed by atoms with van der Waals surface area (Å²) in [5, 5.41) is 12.7. The van der Waals surface area contributed by atoms with Gasteiger partial charge in [0.1, 0.15) is 5.82 Å². The van der Waals surface area contributed by atoms with Gasteiger partial charge in [0.15, 0.2) is 5.82 Å². The molecule has 2 aromatic carbocycles. The second-order valence-electron chi connectivity index (χ2n) is 8.83. The highest BCUT2D eigenvalue weighted by atomic mass is 19.1. The van der Waals surface area contributed by atoms with Crippen molar-refractivity contribution >= 4 is 0 Å². The Bertz CT molecular complexity index is 1080. The molecule has 2 heterocycles. The lowest BCUT2D eigenvalue weighted by Crippen LogP contribution is -2.34. The first-order valence-corrected chi connectivity index (χ1v) is 10.6. The zero-order valence-corrected chi connectivity index (χ0v) is 18.6. The minimum Gasteiger partial charge on any atom is -0.281 e. The first kappa shape index (κ1) is 21.8. The van der Waals surface area contributed by atoms with Gasteiger partial charge in [-0.25, -0.2) is 9.07 Å². The SMILES string of the molecule is CC(C)(C)n1nnnc1[C@H](c1ccc(F)cc1)N(Cc1ccccc1)Cc1cccnc1. The van der Waals surface area contributed by atoms with Crippen LogP contribution in [0.25, 0.3) is 0 Å². The molecule has 4 rings (SSSR count). The van der Waals surface area contributed by atoms with Gasteiger partial charge in [-0.3, -0.25) is 9.88 Å². The highest BCUT2D eigenvalue weighted by Gasteiger charge is 2.31. The van der Waals surface area contributed by atoms with Crippen LogP contribution in [-0.4, -0.2) is 30.1 Å². The van der Waals surface area contributed by atoms with Crippen molar-refractivity contribution in [3.05, 3.63) is 107 Å². The average Bonchev–Trinajstić information content (AvgIpc) is 3.27. The van der Waals surface area contributed by atoms with E-state index in [1.807, 2.05) is 47.3 Å². The van der Waals surface area contributed by atoms with Crippen LogP contribution in [0.4, 0.5) is 4.39 Å². The van der Waals surface area contributed by atoms with Crippen LogP contribution < -0.4 is 0 Å². The molecule has 2 aromatic heterocycles. The van der Waals surface area contributed by atoms with Gasteiger partial charge in [0, 0.05) is 25.5 Å². The molecule has 6 nitrogen and oxygen atoms in total. The van der Waals surface area contributed by atoms with Crippen LogP contribution in [0.1, 0.15) is 49.3 Å². The van der Waals surface area contributed by atoms with E-state index in [1.165, 1.54) is 17.7 Å². The fraction of sp³-hybridized carbons (Fsp3) is 0.280. The molecule has 1 atom stereocenters. The van der Waals surface area contributed by atoms with Gasteiger partial charge in [0.2, 0.25) is 0 Å². The number of aromatic nitrogens is 5. The van der Waals surface area contributed by atoms with E-state index in [-0.39, 0.29) is 17.4 Å². The van der Waals surface area contributed by atoms with Crippen LogP contribution in [0.5, 0.6) is 0 Å². The lowest BCUT2D eigenvalue weighted by atomic mass is 10.0. The van der Waals surface area contributed by atoms with Crippen LogP contribution in [0.15, 0.2) is 79.1 Å². The molecule has 0 aliphatic carbocycles. The highest BCUT2D eigenvalue weighted by molar-refractivity contribution is 5.27. The predicted octanol–water partition coefficient (Wildman–Crippen LogP) is 4.75. The van der Waals surface area contributed by atoms with E-state index in [4.69, 9.17) is 0 Å². The second kappa shape index (κ2) is 9.36. The third-order valence-corrected chi connectivity index (χ3v) is 5.26. The minimum absolute atomic E-state index is 0.273. The van der Waals surface area contributed by atoms with Crippen molar-refractivity contribution in [3.63, 3.8) is 0 Å². The van der Waals surface area contributed by atoms with Gasteiger partial charge in [-0.15, -0.1) is 5.10 Å². The van der Waals surface area contributed by atoms with Crippen molar-refractivity contribution in [2.24, 2.45) is 0 Å². The predicted molar refractivity (Wildman–Crippen MR) is 121 cm³/mol. The number of tetrazole rings is 1. The smallest absolute Gasteiger partial charge is 0.173 e. The normalized spacial score (nSPS) is 12.8. The molecule has 0 saturated carbocycles. The lowest BCUT2D eigenvalue weighted by Gasteiger charge is -2.33. The van der Waals surface area contributed by atoms with Gasteiger partial charge in [-0.2, -0.15) is 0 Å². The Morgan fingerprint density at radius 3 is 2.25 bits per heavy atom. The zero-order chi connectivity index (χ0) is 22.6. The van der Waals surface area contributed by atoms with Crippen LogP contribution in [-0.2, 0) is 18.6 Å². The molecule has 7 heteroatoms. The van der Waals surface area contributed by atoms with Crippen molar-refractivity contribution in [1.82, 2.24) is 30.1 Å². The number of nitrogens with zero attached hydrogens (tertiary/aromatic N) is 6. The first-order chi connectivity index (χ1) is 15.4. The molecule has 0 aliphatic heterocycles. The molecule has 0 unspecified atom stereocenters. The maximum absolute atomic E-state index is 13.8. The molecule has 4 aromatic rings. The van der Waals surface area contributed by atoms with Crippen LogP contribution in [0.2, 0.25) is 0 Å². The van der Waals surface area contributed by atoms with Gasteiger partial charge in [-0.05, 0) is 66.1 Å². The number of rotatable bonds is 7. The van der Waals surface area contributed by atoms with E-state index in [2.05, 4.69) is 64.4 Å². The molecule has 0 radical (unpaired) electrons. The number of hydrogen-bond donors (Lipinski definition) is 0. The second-order valence-corrected chi connectivity index (χ2v) is 8.83. The Morgan fingerprint density at radius 1 is 0.906 bits per heavy atom. The molecule has 0 spiro atoms. The molecule has 32 heavy (non-hydrogen) atoms. The summed E-state index contributed by atoms with van der Waals surface area (Å²) in [4.78, 5) is 6.59. The maximum Gasteiger partial charge on any atom is 0.173 e. The van der Waals surface area contributed by atoms with Gasteiger partial charge in [0.05, 0.1) is 11.6 Å². The summed E-state index contributed by atoms with van der Waals surface area (Å²) in [5.41, 5.74) is 2.85. The van der Waals surface area contributed by atoms with E-state index in [9.17, 15) is 4.39 Å². The molecule has 0 fully saturated rings. The summed E-state index contributed by atoms with van der Waals surface area (Å²) in [6.45, 7) is 7.49. The molecular weight excluding hydrogens is 403 g/mol. The molecule has 0 N–H and O–H groups in total. The van der Waals surface area contributed by atoms with Crippen molar-refractivity contribution < 1.29 is 4.39 Å². The van der Waals surface area contributed by atoms with Crippen LogP contribution >= 0.6 is 0 Å². The maximum atomic E-state index is 13.8. The molecule has 0 aliphatic rings. The fourth-order valence-electron chi connectivity index (χ4n) is 3.79. The van der Waals surface area contributed by atoms with Gasteiger partial charge in [-0.1, -0.05) is 48.5 Å². The summed E-state index contributed by atoms with van der Waals surface area (Å²) in [6, 6.07) is 20.6. The minimum atomic E-state index is -0.316. The van der Waals surface area contributed by atoms with Crippen LogP contribution in [0.3, 0.4) is 0 Å². The number of hydrogen-bond acceptors (Lipinski definition) is 5. The Balaban J connectivity index is 1.84. The number of benzene rings is 2. The van der Waals surface area contributed by atoms with Gasteiger partial charge in [0.25, 0.3) is 0 Å². The number of halogens is 1. The summed E-state index contributed by atoms with van der Waals surface area (Å²) in [6.07, 6.45) is 3.63. The highest BCUT2D eigenvalue weighted by Crippen LogP contribution is 2.32. The molecule has 0 bridgehead atoms. The summed E-state index contributed by atoms with van der Waals surface area (Å²) in [5.74, 6) is 0.439.